The summed E-state index contributed by atoms with van der Waals surface area (Å²) in [5, 5.41) is 0. The summed E-state index contributed by atoms with van der Waals surface area (Å²) in [5.74, 6) is -2.20. The fourth-order valence-electron chi connectivity index (χ4n) is 6.25. The van der Waals surface area contributed by atoms with E-state index in [4.69, 9.17) is 56.0 Å². The monoisotopic (exact) mass is 550 g/mol. The average molecular weight is 550 g/mol. The molecular weight excluding hydrogens is 510 g/mol. The molecule has 8 unspecified atom stereocenters. The molecular formula is C22H39B5O12. The highest BCUT2D eigenvalue weighted by atomic mass is 16.8. The molecule has 0 bridgehead atoms. The van der Waals surface area contributed by atoms with Crippen LogP contribution >= 0.6 is 0 Å². The van der Waals surface area contributed by atoms with Gasteiger partial charge in [-0.25, -0.2) is 0 Å². The zero-order valence-corrected chi connectivity index (χ0v) is 23.6. The van der Waals surface area contributed by atoms with Crippen molar-refractivity contribution in [2.75, 3.05) is 26.4 Å². The second-order valence-corrected chi connectivity index (χ2v) is 11.0. The molecule has 0 aromatic heterocycles. The van der Waals surface area contributed by atoms with Gasteiger partial charge in [-0.15, -0.1) is 0 Å². The van der Waals surface area contributed by atoms with Crippen LogP contribution in [-0.4, -0.2) is 110 Å². The first kappa shape index (κ1) is 28.9. The minimum Gasteiger partial charge on any atom is -0.408 e. The van der Waals surface area contributed by atoms with Gasteiger partial charge in [-0.3, -0.25) is 0 Å². The number of fused-ring (bicyclic) bond motifs is 6. The maximum Gasteiger partial charge on any atom is 0.459 e. The molecule has 0 N–H and O–H groups in total. The Bertz CT molecular complexity index is 787. The zero-order chi connectivity index (χ0) is 27.2. The Kier molecular flexibility index (Phi) is 8.79. The highest BCUT2D eigenvalue weighted by molar-refractivity contribution is 6.46. The molecule has 0 radical (unpaired) electrons. The normalized spacial score (nSPS) is 41.2. The van der Waals surface area contributed by atoms with Crippen LogP contribution in [0.25, 0.3) is 0 Å². The molecule has 6 aliphatic rings. The van der Waals surface area contributed by atoms with Gasteiger partial charge in [0.05, 0.1) is 26.4 Å². The lowest BCUT2D eigenvalue weighted by molar-refractivity contribution is -0.209. The second kappa shape index (κ2) is 11.8. The van der Waals surface area contributed by atoms with E-state index in [1.165, 1.54) is 0 Å². The molecule has 214 valence electrons. The summed E-state index contributed by atoms with van der Waals surface area (Å²) in [5.41, 5.74) is 0. The molecule has 12 nitrogen and oxygen atoms in total. The summed E-state index contributed by atoms with van der Waals surface area (Å²) in [4.78, 5) is 0. The van der Waals surface area contributed by atoms with Gasteiger partial charge in [-0.1, -0.05) is 34.6 Å². The lowest BCUT2D eigenvalue weighted by Crippen LogP contribution is -2.50. The quantitative estimate of drug-likeness (QED) is 0.348. The molecule has 0 saturated carbocycles. The van der Waals surface area contributed by atoms with Crippen molar-refractivity contribution in [3.63, 3.8) is 0 Å². The van der Waals surface area contributed by atoms with Crippen LogP contribution in [0.4, 0.5) is 0 Å². The van der Waals surface area contributed by atoms with E-state index in [1.54, 1.807) is 0 Å². The molecule has 6 fully saturated rings. The Hall–Kier alpha value is -0.155. The van der Waals surface area contributed by atoms with Crippen LogP contribution in [0.3, 0.4) is 0 Å². The highest BCUT2D eigenvalue weighted by Gasteiger charge is 2.67. The molecule has 0 spiro atoms. The summed E-state index contributed by atoms with van der Waals surface area (Å²) in [6, 6.07) is 0. The standard InChI is InChI=1S/C22H39B5O12/c1-6-23(30-13-21-19(36-26(9-4)38-21)17-15(32-21)11-28-24(7-2)34-17)31-14-22-20(37-27(10-5)39-22)18-16(33-22)12-29-25(8-3)35-18/h15-20H,6-14H2,1-5H3. The molecule has 6 heterocycles. The second-order valence-electron chi connectivity index (χ2n) is 11.0. The summed E-state index contributed by atoms with van der Waals surface area (Å²) in [6.07, 6.45) is 1.45. The van der Waals surface area contributed by atoms with Gasteiger partial charge in [0, 0.05) is 0 Å². The minimum absolute atomic E-state index is 0.117. The van der Waals surface area contributed by atoms with Gasteiger partial charge >= 0.3 is 35.6 Å². The van der Waals surface area contributed by atoms with Crippen molar-refractivity contribution in [1.82, 2.24) is 0 Å². The Morgan fingerprint density at radius 2 is 1.08 bits per heavy atom. The third-order valence-electron chi connectivity index (χ3n) is 8.28. The fourth-order valence-corrected chi connectivity index (χ4v) is 6.25. The molecule has 0 aliphatic carbocycles. The molecule has 6 aliphatic heterocycles. The first-order chi connectivity index (χ1) is 19.0. The topological polar surface area (TPSA) is 111 Å². The van der Waals surface area contributed by atoms with Gasteiger partial charge in [0.2, 0.25) is 11.6 Å². The van der Waals surface area contributed by atoms with Crippen LogP contribution in [0.15, 0.2) is 0 Å². The Morgan fingerprint density at radius 3 is 1.46 bits per heavy atom. The van der Waals surface area contributed by atoms with Gasteiger partial charge in [-0.05, 0) is 31.6 Å². The van der Waals surface area contributed by atoms with Gasteiger partial charge in [0.1, 0.15) is 36.6 Å². The van der Waals surface area contributed by atoms with Gasteiger partial charge in [-0.2, -0.15) is 0 Å². The number of ether oxygens (including phenoxy) is 2. The predicted octanol–water partition coefficient (Wildman–Crippen LogP) is 1.41. The maximum atomic E-state index is 6.38. The number of hydrogen-bond acceptors (Lipinski definition) is 12. The first-order valence-electron chi connectivity index (χ1n) is 14.8. The Morgan fingerprint density at radius 1 is 0.641 bits per heavy atom. The van der Waals surface area contributed by atoms with Gasteiger partial charge in [0.25, 0.3) is 0 Å². The summed E-state index contributed by atoms with van der Waals surface area (Å²) >= 11 is 0. The van der Waals surface area contributed by atoms with E-state index in [1.807, 2.05) is 34.6 Å². The first-order valence-corrected chi connectivity index (χ1v) is 14.8. The third kappa shape index (κ3) is 5.29. The Balaban J connectivity index is 1.11. The van der Waals surface area contributed by atoms with Crippen molar-refractivity contribution in [2.45, 2.75) is 114 Å². The number of rotatable bonds is 11. The maximum absolute atomic E-state index is 6.38. The number of hydrogen-bond donors (Lipinski definition) is 0. The molecule has 0 amide bonds. The molecule has 6 saturated heterocycles. The van der Waals surface area contributed by atoms with Gasteiger partial charge < -0.3 is 56.0 Å². The molecule has 6 rings (SSSR count). The van der Waals surface area contributed by atoms with Crippen molar-refractivity contribution >= 4 is 35.6 Å². The van der Waals surface area contributed by atoms with Crippen LogP contribution < -0.4 is 0 Å². The van der Waals surface area contributed by atoms with Gasteiger partial charge in [0.15, 0.2) is 0 Å². The lowest BCUT2D eigenvalue weighted by atomic mass is 9.82. The van der Waals surface area contributed by atoms with E-state index in [0.29, 0.717) is 32.2 Å². The van der Waals surface area contributed by atoms with Crippen LogP contribution in [0.2, 0.25) is 31.6 Å². The molecule has 17 heteroatoms. The smallest absolute Gasteiger partial charge is 0.408 e. The van der Waals surface area contributed by atoms with Crippen LogP contribution in [0, 0.1) is 0 Å². The van der Waals surface area contributed by atoms with Crippen molar-refractivity contribution < 1.29 is 56.0 Å². The van der Waals surface area contributed by atoms with Crippen molar-refractivity contribution in [2.24, 2.45) is 0 Å². The minimum atomic E-state index is -1.10. The SMILES string of the molecule is CCB(OCC12OB(CC)OC1C1OB(CC)OCC1O2)OCC12OB(CC)OC1C1OB(CC)OCC1O2. The highest BCUT2D eigenvalue weighted by Crippen LogP contribution is 2.46. The van der Waals surface area contributed by atoms with Crippen molar-refractivity contribution in [3.05, 3.63) is 0 Å². The van der Waals surface area contributed by atoms with Crippen LogP contribution in [0.5, 0.6) is 0 Å². The molecule has 0 aromatic carbocycles. The van der Waals surface area contributed by atoms with E-state index in [-0.39, 0.29) is 51.9 Å². The summed E-state index contributed by atoms with van der Waals surface area (Å²) < 4.78 is 74.2. The largest absolute Gasteiger partial charge is 0.459 e. The molecule has 0 aromatic rings. The Labute approximate surface area is 232 Å². The van der Waals surface area contributed by atoms with E-state index in [2.05, 4.69) is 0 Å². The summed E-state index contributed by atoms with van der Waals surface area (Å²) in [7, 11) is -1.93. The van der Waals surface area contributed by atoms with E-state index in [9.17, 15) is 0 Å². The molecule has 8 atom stereocenters. The van der Waals surface area contributed by atoms with E-state index < -0.39 is 45.1 Å². The predicted molar refractivity (Wildman–Crippen MR) is 142 cm³/mol. The zero-order valence-electron chi connectivity index (χ0n) is 23.6. The third-order valence-corrected chi connectivity index (χ3v) is 8.28. The van der Waals surface area contributed by atoms with E-state index >= 15 is 0 Å². The molecule has 39 heavy (non-hydrogen) atoms. The lowest BCUT2D eigenvalue weighted by Gasteiger charge is -2.31. The average Bonchev–Trinajstić information content (AvgIpc) is 3.67. The fraction of sp³-hybridized carbons (Fsp3) is 1.00. The summed E-state index contributed by atoms with van der Waals surface area (Å²) in [6.45, 7) is 11.1. The van der Waals surface area contributed by atoms with Crippen LogP contribution in [-0.2, 0) is 56.0 Å². The van der Waals surface area contributed by atoms with Crippen molar-refractivity contribution in [1.29, 1.82) is 0 Å². The van der Waals surface area contributed by atoms with Crippen LogP contribution in [0.1, 0.15) is 34.6 Å². The van der Waals surface area contributed by atoms with E-state index in [0.717, 1.165) is 12.6 Å². The van der Waals surface area contributed by atoms with Crippen molar-refractivity contribution in [3.8, 4) is 0 Å².